The van der Waals surface area contributed by atoms with Crippen LogP contribution in [0.3, 0.4) is 0 Å². The summed E-state index contributed by atoms with van der Waals surface area (Å²) in [5.41, 5.74) is 5.27. The molecule has 0 bridgehead atoms. The number of nitrogens with zero attached hydrogens (tertiary/aromatic N) is 5. The highest BCUT2D eigenvalue weighted by molar-refractivity contribution is 5.90. The van der Waals surface area contributed by atoms with Crippen molar-refractivity contribution in [3.63, 3.8) is 0 Å². The standard InChI is InChI=1S/C11H14N6O/c12-3-4-16-5-7-17(8-6-16)10-2-1-9(11(13)18)14-15-10/h1-2H,4-8H2,(H2,13,18). The lowest BCUT2D eigenvalue weighted by Gasteiger charge is -2.33. The fourth-order valence-corrected chi connectivity index (χ4v) is 1.86. The van der Waals surface area contributed by atoms with Gasteiger partial charge in [-0.2, -0.15) is 5.26 Å². The van der Waals surface area contributed by atoms with Crippen molar-refractivity contribution in [1.82, 2.24) is 15.1 Å². The summed E-state index contributed by atoms with van der Waals surface area (Å²) in [4.78, 5) is 15.0. The lowest BCUT2D eigenvalue weighted by atomic mass is 10.3. The summed E-state index contributed by atoms with van der Waals surface area (Å²) in [5.74, 6) is 0.157. The highest BCUT2D eigenvalue weighted by atomic mass is 16.1. The van der Waals surface area contributed by atoms with E-state index in [1.807, 2.05) is 0 Å². The molecule has 2 heterocycles. The first kappa shape index (κ1) is 12.3. The van der Waals surface area contributed by atoms with Gasteiger partial charge in [0.05, 0.1) is 12.6 Å². The Morgan fingerprint density at radius 1 is 1.33 bits per heavy atom. The van der Waals surface area contributed by atoms with Crippen molar-refractivity contribution in [2.24, 2.45) is 5.73 Å². The van der Waals surface area contributed by atoms with Gasteiger partial charge < -0.3 is 10.6 Å². The molecule has 1 aliphatic heterocycles. The maximum atomic E-state index is 10.9. The Labute approximate surface area is 105 Å². The van der Waals surface area contributed by atoms with Gasteiger partial charge in [-0.25, -0.2) is 0 Å². The maximum absolute atomic E-state index is 10.9. The van der Waals surface area contributed by atoms with E-state index in [4.69, 9.17) is 11.0 Å². The van der Waals surface area contributed by atoms with E-state index >= 15 is 0 Å². The molecular weight excluding hydrogens is 232 g/mol. The van der Waals surface area contributed by atoms with Crippen LogP contribution in [0.4, 0.5) is 5.82 Å². The Hall–Kier alpha value is -2.20. The molecule has 18 heavy (non-hydrogen) atoms. The van der Waals surface area contributed by atoms with Gasteiger partial charge in [0.25, 0.3) is 5.91 Å². The Morgan fingerprint density at radius 2 is 2.06 bits per heavy atom. The third-order valence-corrected chi connectivity index (χ3v) is 2.89. The van der Waals surface area contributed by atoms with Gasteiger partial charge in [0, 0.05) is 26.2 Å². The Balaban J connectivity index is 1.97. The first-order valence-corrected chi connectivity index (χ1v) is 5.68. The van der Waals surface area contributed by atoms with E-state index in [9.17, 15) is 4.79 Å². The van der Waals surface area contributed by atoms with Crippen LogP contribution in [0.5, 0.6) is 0 Å². The first-order valence-electron chi connectivity index (χ1n) is 5.68. The molecule has 1 fully saturated rings. The van der Waals surface area contributed by atoms with Crippen LogP contribution in [0.2, 0.25) is 0 Å². The second-order valence-electron chi connectivity index (χ2n) is 4.06. The third kappa shape index (κ3) is 2.73. The van der Waals surface area contributed by atoms with Gasteiger partial charge in [0.1, 0.15) is 0 Å². The largest absolute Gasteiger partial charge is 0.364 e. The van der Waals surface area contributed by atoms with Gasteiger partial charge >= 0.3 is 0 Å². The van der Waals surface area contributed by atoms with Gasteiger partial charge in [-0.15, -0.1) is 10.2 Å². The van der Waals surface area contributed by atoms with Crippen LogP contribution in [0.25, 0.3) is 0 Å². The molecule has 2 rings (SSSR count). The van der Waals surface area contributed by atoms with Crippen molar-refractivity contribution in [3.8, 4) is 6.07 Å². The number of piperazine rings is 1. The van der Waals surface area contributed by atoms with Gasteiger partial charge in [-0.1, -0.05) is 0 Å². The summed E-state index contributed by atoms with van der Waals surface area (Å²) in [7, 11) is 0. The lowest BCUT2D eigenvalue weighted by molar-refractivity contribution is 0.0994. The van der Waals surface area contributed by atoms with Crippen molar-refractivity contribution in [2.75, 3.05) is 37.6 Å². The molecule has 7 nitrogen and oxygen atoms in total. The zero-order chi connectivity index (χ0) is 13.0. The monoisotopic (exact) mass is 246 g/mol. The molecule has 1 saturated heterocycles. The Morgan fingerprint density at radius 3 is 2.56 bits per heavy atom. The molecule has 0 atom stereocenters. The van der Waals surface area contributed by atoms with Gasteiger partial charge in [0.2, 0.25) is 0 Å². The molecule has 0 radical (unpaired) electrons. The predicted octanol–water partition coefficient (Wildman–Crippen LogP) is -0.779. The number of nitrogens with two attached hydrogens (primary N) is 1. The molecule has 0 unspecified atom stereocenters. The molecular formula is C11H14N6O. The second kappa shape index (κ2) is 5.42. The minimum atomic E-state index is -0.576. The van der Waals surface area contributed by atoms with E-state index in [1.165, 1.54) is 0 Å². The summed E-state index contributed by atoms with van der Waals surface area (Å²) in [5, 5.41) is 16.4. The normalized spacial score (nSPS) is 16.3. The summed E-state index contributed by atoms with van der Waals surface area (Å²) >= 11 is 0. The number of nitriles is 1. The number of aromatic nitrogens is 2. The lowest BCUT2D eigenvalue weighted by Crippen LogP contribution is -2.46. The Bertz CT molecular complexity index is 457. The molecule has 0 aliphatic carbocycles. The molecule has 0 saturated carbocycles. The quantitative estimate of drug-likeness (QED) is 0.702. The molecule has 1 amide bonds. The number of hydrogen-bond donors (Lipinski definition) is 1. The SMILES string of the molecule is N#CCN1CCN(c2ccc(C(N)=O)nn2)CC1. The molecule has 0 spiro atoms. The zero-order valence-corrected chi connectivity index (χ0v) is 9.91. The van der Waals surface area contributed by atoms with Crippen LogP contribution >= 0.6 is 0 Å². The van der Waals surface area contributed by atoms with Crippen LogP contribution in [-0.2, 0) is 0 Å². The minimum absolute atomic E-state index is 0.168. The van der Waals surface area contributed by atoms with Crippen LogP contribution < -0.4 is 10.6 Å². The predicted molar refractivity (Wildman–Crippen MR) is 64.8 cm³/mol. The van der Waals surface area contributed by atoms with E-state index in [2.05, 4.69) is 26.1 Å². The fourth-order valence-electron chi connectivity index (χ4n) is 1.86. The van der Waals surface area contributed by atoms with Crippen LogP contribution in [0.15, 0.2) is 12.1 Å². The van der Waals surface area contributed by atoms with Crippen LogP contribution in [0, 0.1) is 11.3 Å². The second-order valence-corrected chi connectivity index (χ2v) is 4.06. The van der Waals surface area contributed by atoms with Crippen molar-refractivity contribution >= 4 is 11.7 Å². The number of anilines is 1. The molecule has 0 aromatic carbocycles. The average Bonchev–Trinajstić information content (AvgIpc) is 2.40. The molecule has 7 heteroatoms. The summed E-state index contributed by atoms with van der Waals surface area (Å²) in [6.07, 6.45) is 0. The van der Waals surface area contributed by atoms with E-state index in [0.717, 1.165) is 32.0 Å². The molecule has 2 N–H and O–H groups in total. The fraction of sp³-hybridized carbons (Fsp3) is 0.455. The van der Waals surface area contributed by atoms with Crippen LogP contribution in [0.1, 0.15) is 10.5 Å². The van der Waals surface area contributed by atoms with Crippen molar-refractivity contribution < 1.29 is 4.79 Å². The summed E-state index contributed by atoms with van der Waals surface area (Å²) in [6, 6.07) is 5.46. The topological polar surface area (TPSA) is 99.1 Å². The van der Waals surface area contributed by atoms with Crippen LogP contribution in [-0.4, -0.2) is 53.7 Å². The minimum Gasteiger partial charge on any atom is -0.364 e. The molecule has 1 aliphatic rings. The average molecular weight is 246 g/mol. The van der Waals surface area contributed by atoms with Crippen molar-refractivity contribution in [1.29, 1.82) is 5.26 Å². The zero-order valence-electron chi connectivity index (χ0n) is 9.91. The highest BCUT2D eigenvalue weighted by Crippen LogP contribution is 2.12. The van der Waals surface area contributed by atoms with E-state index in [1.54, 1.807) is 12.1 Å². The molecule has 1 aromatic rings. The van der Waals surface area contributed by atoms with E-state index < -0.39 is 5.91 Å². The molecule has 1 aromatic heterocycles. The number of carbonyl (C=O) groups is 1. The third-order valence-electron chi connectivity index (χ3n) is 2.89. The number of rotatable bonds is 3. The number of primary amides is 1. The first-order chi connectivity index (χ1) is 8.70. The van der Waals surface area contributed by atoms with Crippen molar-refractivity contribution in [2.45, 2.75) is 0 Å². The Kier molecular flexibility index (Phi) is 3.69. The number of carbonyl (C=O) groups excluding carboxylic acids is 1. The van der Waals surface area contributed by atoms with Gasteiger partial charge in [0.15, 0.2) is 11.5 Å². The number of hydrogen-bond acceptors (Lipinski definition) is 6. The van der Waals surface area contributed by atoms with E-state index in [0.29, 0.717) is 6.54 Å². The van der Waals surface area contributed by atoms with E-state index in [-0.39, 0.29) is 5.69 Å². The smallest absolute Gasteiger partial charge is 0.269 e. The summed E-state index contributed by atoms with van der Waals surface area (Å²) < 4.78 is 0. The van der Waals surface area contributed by atoms with Gasteiger partial charge in [-0.3, -0.25) is 9.69 Å². The summed E-state index contributed by atoms with van der Waals surface area (Å²) in [6.45, 7) is 3.71. The van der Waals surface area contributed by atoms with Crippen molar-refractivity contribution in [3.05, 3.63) is 17.8 Å². The maximum Gasteiger partial charge on any atom is 0.269 e. The van der Waals surface area contributed by atoms with Gasteiger partial charge in [-0.05, 0) is 12.1 Å². The highest BCUT2D eigenvalue weighted by Gasteiger charge is 2.18. The number of amides is 1. The molecule has 94 valence electrons.